The van der Waals surface area contributed by atoms with E-state index in [9.17, 15) is 0 Å². The topological polar surface area (TPSA) is 32.3 Å². The molecule has 0 spiro atoms. The molecule has 2 N–H and O–H groups in total. The Morgan fingerprint density at radius 3 is 2.24 bits per heavy atom. The Morgan fingerprint density at radius 1 is 1.24 bits per heavy atom. The van der Waals surface area contributed by atoms with E-state index >= 15 is 0 Å². The maximum atomic E-state index is 8.73. The van der Waals surface area contributed by atoms with Gasteiger partial charge in [0, 0.05) is 5.02 Å². The molecule has 1 rings (SSSR count). The van der Waals surface area contributed by atoms with Crippen LogP contribution in [-0.2, 0) is 0 Å². The van der Waals surface area contributed by atoms with Crippen LogP contribution >= 0.6 is 11.6 Å². The summed E-state index contributed by atoms with van der Waals surface area (Å²) >= 11 is 5.48. The van der Waals surface area contributed by atoms with E-state index in [4.69, 9.17) is 16.7 Å². The summed E-state index contributed by atoms with van der Waals surface area (Å²) in [5.74, 6) is 0.206. The molecule has 1 aromatic carbocycles. The van der Waals surface area contributed by atoms with Crippen molar-refractivity contribution in [3.8, 4) is 5.75 Å². The Labute approximate surface area is 111 Å². The minimum Gasteiger partial charge on any atom is -0.508 e. The number of nitrogens with one attached hydrogen (secondary N) is 1. The minimum atomic E-state index is 0.206. The van der Waals surface area contributed by atoms with Crippen LogP contribution in [0.2, 0.25) is 5.02 Å². The van der Waals surface area contributed by atoms with Crippen LogP contribution < -0.4 is 5.32 Å². The molecule has 0 bridgehead atoms. The molecule has 2 nitrogen and oxygen atoms in total. The van der Waals surface area contributed by atoms with Crippen LogP contribution in [-0.4, -0.2) is 18.2 Å². The number of hydrogen-bond donors (Lipinski definition) is 2. The van der Waals surface area contributed by atoms with Gasteiger partial charge in [0.15, 0.2) is 0 Å². The van der Waals surface area contributed by atoms with Crippen LogP contribution in [0.25, 0.3) is 0 Å². The third kappa shape index (κ3) is 15.3. The van der Waals surface area contributed by atoms with Crippen molar-refractivity contribution in [3.05, 3.63) is 29.3 Å². The standard InChI is InChI=1S/C6H5ClO.C6H15N.C2H6/c7-5-2-1-3-6(8)4-5;1-3-5-6-7-4-2;1-2/h1-4,8H;7H,3-6H2,1-2H3;1-2H3. The van der Waals surface area contributed by atoms with Crippen LogP contribution in [0.5, 0.6) is 5.75 Å². The van der Waals surface area contributed by atoms with Gasteiger partial charge in [0.25, 0.3) is 0 Å². The van der Waals surface area contributed by atoms with E-state index in [1.54, 1.807) is 18.2 Å². The lowest BCUT2D eigenvalue weighted by molar-refractivity contribution is 0.475. The molecule has 0 aliphatic heterocycles. The first-order chi connectivity index (χ1) is 8.20. The van der Waals surface area contributed by atoms with E-state index in [0.717, 1.165) is 6.54 Å². The zero-order valence-electron chi connectivity index (χ0n) is 11.5. The largest absolute Gasteiger partial charge is 0.508 e. The van der Waals surface area contributed by atoms with Crippen molar-refractivity contribution >= 4 is 11.6 Å². The average molecular weight is 260 g/mol. The number of phenolic OH excluding ortho intramolecular Hbond substituents is 1. The highest BCUT2D eigenvalue weighted by Crippen LogP contribution is 2.14. The number of benzene rings is 1. The van der Waals surface area contributed by atoms with Crippen molar-refractivity contribution in [1.29, 1.82) is 0 Å². The molecule has 0 saturated heterocycles. The van der Waals surface area contributed by atoms with E-state index in [0.29, 0.717) is 5.02 Å². The summed E-state index contributed by atoms with van der Waals surface area (Å²) in [7, 11) is 0. The van der Waals surface area contributed by atoms with Gasteiger partial charge in [-0.2, -0.15) is 0 Å². The molecule has 0 aliphatic rings. The van der Waals surface area contributed by atoms with Gasteiger partial charge in [-0.15, -0.1) is 0 Å². The van der Waals surface area contributed by atoms with Gasteiger partial charge in [-0.25, -0.2) is 0 Å². The van der Waals surface area contributed by atoms with Crippen molar-refractivity contribution in [2.24, 2.45) is 0 Å². The van der Waals surface area contributed by atoms with Crippen LogP contribution in [0.4, 0.5) is 0 Å². The minimum absolute atomic E-state index is 0.206. The third-order valence-corrected chi connectivity index (χ3v) is 2.00. The fourth-order valence-electron chi connectivity index (χ4n) is 0.955. The molecular formula is C14H26ClNO. The van der Waals surface area contributed by atoms with Gasteiger partial charge in [-0.1, -0.05) is 51.8 Å². The fourth-order valence-corrected chi connectivity index (χ4v) is 1.14. The number of hydrogen-bond acceptors (Lipinski definition) is 2. The zero-order chi connectivity index (χ0) is 13.5. The maximum Gasteiger partial charge on any atom is 0.117 e. The molecule has 0 saturated carbocycles. The Morgan fingerprint density at radius 2 is 1.88 bits per heavy atom. The van der Waals surface area contributed by atoms with Crippen molar-refractivity contribution in [2.75, 3.05) is 13.1 Å². The third-order valence-electron chi connectivity index (χ3n) is 1.77. The monoisotopic (exact) mass is 259 g/mol. The van der Waals surface area contributed by atoms with E-state index in [2.05, 4.69) is 19.2 Å². The number of halogens is 1. The molecule has 0 fully saturated rings. The fraction of sp³-hybridized carbons (Fsp3) is 0.571. The van der Waals surface area contributed by atoms with Crippen LogP contribution in [0.1, 0.15) is 40.5 Å². The summed E-state index contributed by atoms with van der Waals surface area (Å²) < 4.78 is 0. The van der Waals surface area contributed by atoms with Crippen molar-refractivity contribution in [1.82, 2.24) is 5.32 Å². The van der Waals surface area contributed by atoms with Gasteiger partial charge >= 0.3 is 0 Å². The Balaban J connectivity index is 0. The first-order valence-corrected chi connectivity index (χ1v) is 6.73. The molecule has 0 amide bonds. The molecular weight excluding hydrogens is 234 g/mol. The van der Waals surface area contributed by atoms with E-state index in [1.807, 2.05) is 13.8 Å². The average Bonchev–Trinajstić information content (AvgIpc) is 2.33. The van der Waals surface area contributed by atoms with Crippen molar-refractivity contribution < 1.29 is 5.11 Å². The Hall–Kier alpha value is -0.730. The second kappa shape index (κ2) is 15.3. The summed E-state index contributed by atoms with van der Waals surface area (Å²) in [5.41, 5.74) is 0. The predicted molar refractivity (Wildman–Crippen MR) is 77.9 cm³/mol. The van der Waals surface area contributed by atoms with E-state index in [-0.39, 0.29) is 5.75 Å². The smallest absolute Gasteiger partial charge is 0.117 e. The number of rotatable bonds is 4. The highest BCUT2D eigenvalue weighted by molar-refractivity contribution is 6.30. The maximum absolute atomic E-state index is 8.73. The van der Waals surface area contributed by atoms with Crippen LogP contribution in [0.15, 0.2) is 24.3 Å². The molecule has 0 heterocycles. The van der Waals surface area contributed by atoms with Gasteiger partial charge in [0.1, 0.15) is 5.75 Å². The van der Waals surface area contributed by atoms with Crippen molar-refractivity contribution in [2.45, 2.75) is 40.5 Å². The van der Waals surface area contributed by atoms with Crippen LogP contribution in [0, 0.1) is 0 Å². The molecule has 1 aromatic rings. The molecule has 100 valence electrons. The van der Waals surface area contributed by atoms with Gasteiger partial charge in [-0.05, 0) is 37.7 Å². The summed E-state index contributed by atoms with van der Waals surface area (Å²) in [5, 5.41) is 12.5. The lowest BCUT2D eigenvalue weighted by Crippen LogP contribution is -2.13. The number of aromatic hydroxyl groups is 1. The first-order valence-electron chi connectivity index (χ1n) is 6.36. The molecule has 0 radical (unpaired) electrons. The highest BCUT2D eigenvalue weighted by atomic mass is 35.5. The molecule has 3 heteroatoms. The quantitative estimate of drug-likeness (QED) is 0.782. The second-order valence-corrected chi connectivity index (χ2v) is 3.62. The Bertz CT molecular complexity index is 232. The predicted octanol–water partition coefficient (Wildman–Crippen LogP) is 4.47. The highest BCUT2D eigenvalue weighted by Gasteiger charge is 1.85. The molecule has 0 unspecified atom stereocenters. The number of phenols is 1. The summed E-state index contributed by atoms with van der Waals surface area (Å²) in [6, 6.07) is 6.46. The summed E-state index contributed by atoms with van der Waals surface area (Å²) in [6.07, 6.45) is 2.61. The normalized spacial score (nSPS) is 8.53. The van der Waals surface area contributed by atoms with Crippen LogP contribution in [0.3, 0.4) is 0 Å². The molecule has 0 atom stereocenters. The van der Waals surface area contributed by atoms with E-state index in [1.165, 1.54) is 25.5 Å². The van der Waals surface area contributed by atoms with Gasteiger partial charge in [0.05, 0.1) is 0 Å². The lowest BCUT2D eigenvalue weighted by Gasteiger charge is -1.95. The van der Waals surface area contributed by atoms with Gasteiger partial charge in [-0.3, -0.25) is 0 Å². The first kappa shape index (κ1) is 18.6. The van der Waals surface area contributed by atoms with Gasteiger partial charge < -0.3 is 10.4 Å². The van der Waals surface area contributed by atoms with Crippen molar-refractivity contribution in [3.63, 3.8) is 0 Å². The summed E-state index contributed by atoms with van der Waals surface area (Å²) in [4.78, 5) is 0. The lowest BCUT2D eigenvalue weighted by atomic mass is 10.3. The molecule has 17 heavy (non-hydrogen) atoms. The van der Waals surface area contributed by atoms with Gasteiger partial charge in [0.2, 0.25) is 0 Å². The molecule has 0 aliphatic carbocycles. The van der Waals surface area contributed by atoms with E-state index < -0.39 is 0 Å². The summed E-state index contributed by atoms with van der Waals surface area (Å²) in [6.45, 7) is 10.6. The SMILES string of the molecule is CC.CCCCNCC.Oc1cccc(Cl)c1. The molecule has 0 aromatic heterocycles. The Kier molecular flexibility index (Phi) is 16.7. The second-order valence-electron chi connectivity index (χ2n) is 3.19. The zero-order valence-corrected chi connectivity index (χ0v) is 12.2. The number of unbranched alkanes of at least 4 members (excludes halogenated alkanes) is 1.